The van der Waals surface area contributed by atoms with Gasteiger partial charge in [-0.25, -0.2) is 4.79 Å². The summed E-state index contributed by atoms with van der Waals surface area (Å²) in [4.78, 5) is 11.1. The van der Waals surface area contributed by atoms with Crippen molar-refractivity contribution < 1.29 is 9.53 Å². The van der Waals surface area contributed by atoms with E-state index < -0.39 is 5.97 Å². The number of halogens is 2. The molecular weight excluding hydrogens is 263 g/mol. The second-order valence-electron chi connectivity index (χ2n) is 3.20. The second kappa shape index (κ2) is 6.47. The topological polar surface area (TPSA) is 50.7 Å². The van der Waals surface area contributed by atoms with Gasteiger partial charge in [-0.05, 0) is 31.5 Å². The molecular formula is C11H12Cl2N2O2. The summed E-state index contributed by atoms with van der Waals surface area (Å²) < 4.78 is 4.67. The molecule has 0 unspecified atom stereocenters. The predicted molar refractivity (Wildman–Crippen MR) is 69.7 cm³/mol. The Balaban J connectivity index is 2.69. The Morgan fingerprint density at radius 1 is 1.53 bits per heavy atom. The fourth-order valence-corrected chi connectivity index (χ4v) is 1.29. The van der Waals surface area contributed by atoms with Gasteiger partial charge in [0, 0.05) is 5.02 Å². The minimum atomic E-state index is -0.667. The number of esters is 1. The van der Waals surface area contributed by atoms with Gasteiger partial charge in [0.15, 0.2) is 0 Å². The third-order valence-corrected chi connectivity index (χ3v) is 2.54. The van der Waals surface area contributed by atoms with Crippen LogP contribution < -0.4 is 5.43 Å². The smallest absolute Gasteiger partial charge is 0.370 e. The van der Waals surface area contributed by atoms with Crippen LogP contribution in [0.1, 0.15) is 12.5 Å². The number of carbonyl (C=O) groups is 1. The number of carbonyl (C=O) groups excluding carboxylic acids is 1. The van der Waals surface area contributed by atoms with Crippen LogP contribution in [-0.2, 0) is 9.53 Å². The third kappa shape index (κ3) is 4.24. The molecule has 0 aromatic heterocycles. The molecule has 17 heavy (non-hydrogen) atoms. The van der Waals surface area contributed by atoms with Gasteiger partial charge in [-0.3, -0.25) is 5.43 Å². The first-order chi connectivity index (χ1) is 8.04. The van der Waals surface area contributed by atoms with E-state index in [0.29, 0.717) is 10.7 Å². The predicted octanol–water partition coefficient (Wildman–Crippen LogP) is 3.18. The normalized spacial score (nSPS) is 11.2. The molecule has 0 spiro atoms. The molecule has 0 amide bonds. The van der Waals surface area contributed by atoms with E-state index >= 15 is 0 Å². The van der Waals surface area contributed by atoms with E-state index in [1.807, 2.05) is 13.0 Å². The number of hydrogen-bond donors (Lipinski definition) is 1. The number of hydrogen-bond acceptors (Lipinski definition) is 4. The lowest BCUT2D eigenvalue weighted by Gasteiger charge is -2.04. The lowest BCUT2D eigenvalue weighted by Crippen LogP contribution is -2.13. The molecule has 0 radical (unpaired) electrons. The van der Waals surface area contributed by atoms with Crippen LogP contribution in [0, 0.1) is 6.92 Å². The molecule has 0 saturated carbocycles. The van der Waals surface area contributed by atoms with Crippen LogP contribution in [0.5, 0.6) is 0 Å². The van der Waals surface area contributed by atoms with Crippen molar-refractivity contribution >= 4 is 40.0 Å². The van der Waals surface area contributed by atoms with Crippen molar-refractivity contribution in [3.63, 3.8) is 0 Å². The first-order valence-electron chi connectivity index (χ1n) is 4.97. The number of aryl methyl sites for hydroxylation is 1. The van der Waals surface area contributed by atoms with Gasteiger partial charge in [0.2, 0.25) is 5.17 Å². The Bertz CT molecular complexity index is 447. The summed E-state index contributed by atoms with van der Waals surface area (Å²) >= 11 is 11.5. The number of ether oxygens (including phenoxy) is 1. The van der Waals surface area contributed by atoms with E-state index in [1.54, 1.807) is 19.1 Å². The maximum Gasteiger partial charge on any atom is 0.370 e. The molecule has 0 heterocycles. The molecule has 0 atom stereocenters. The number of rotatable bonds is 4. The zero-order chi connectivity index (χ0) is 12.8. The maximum atomic E-state index is 11.1. The van der Waals surface area contributed by atoms with E-state index in [4.69, 9.17) is 23.2 Å². The maximum absolute atomic E-state index is 11.1. The van der Waals surface area contributed by atoms with E-state index in [1.165, 1.54) is 0 Å². The number of nitrogens with one attached hydrogen (secondary N) is 1. The van der Waals surface area contributed by atoms with Crippen LogP contribution in [0.25, 0.3) is 0 Å². The highest BCUT2D eigenvalue weighted by Gasteiger charge is 2.08. The molecule has 1 aromatic carbocycles. The van der Waals surface area contributed by atoms with Crippen LogP contribution in [0.4, 0.5) is 5.69 Å². The molecule has 1 rings (SSSR count). The summed E-state index contributed by atoms with van der Waals surface area (Å²) in [6.07, 6.45) is 0. The highest BCUT2D eigenvalue weighted by atomic mass is 35.5. The van der Waals surface area contributed by atoms with Crippen LogP contribution in [-0.4, -0.2) is 17.7 Å². The summed E-state index contributed by atoms with van der Waals surface area (Å²) in [5, 5.41) is 4.03. The average Bonchev–Trinajstić information content (AvgIpc) is 2.30. The lowest BCUT2D eigenvalue weighted by molar-refractivity contribution is -0.134. The van der Waals surface area contributed by atoms with Crippen LogP contribution >= 0.6 is 23.2 Å². The largest absolute Gasteiger partial charge is 0.461 e. The van der Waals surface area contributed by atoms with Gasteiger partial charge >= 0.3 is 5.97 Å². The summed E-state index contributed by atoms with van der Waals surface area (Å²) in [5.41, 5.74) is 4.22. The highest BCUT2D eigenvalue weighted by Crippen LogP contribution is 2.19. The van der Waals surface area contributed by atoms with Crippen molar-refractivity contribution in [1.29, 1.82) is 0 Å². The molecule has 4 nitrogen and oxygen atoms in total. The Morgan fingerprint density at radius 3 is 2.82 bits per heavy atom. The molecule has 1 aromatic rings. The van der Waals surface area contributed by atoms with Crippen molar-refractivity contribution in [2.75, 3.05) is 12.0 Å². The molecule has 0 fully saturated rings. The average molecular weight is 275 g/mol. The first kappa shape index (κ1) is 13.8. The zero-order valence-corrected chi connectivity index (χ0v) is 11.0. The zero-order valence-electron chi connectivity index (χ0n) is 9.46. The van der Waals surface area contributed by atoms with E-state index in [9.17, 15) is 4.79 Å². The van der Waals surface area contributed by atoms with Gasteiger partial charge in [-0.1, -0.05) is 29.3 Å². The van der Waals surface area contributed by atoms with Crippen molar-refractivity contribution in [2.45, 2.75) is 13.8 Å². The monoisotopic (exact) mass is 274 g/mol. The fourth-order valence-electron chi connectivity index (χ4n) is 1.01. The van der Waals surface area contributed by atoms with Crippen molar-refractivity contribution in [3.05, 3.63) is 28.8 Å². The number of nitrogens with zero attached hydrogens (tertiary/aromatic N) is 1. The standard InChI is InChI=1S/C11H12Cl2N2O2/c1-3-17-11(16)10(13)15-14-8-5-4-7(2)9(12)6-8/h4-6,14H,3H2,1-2H3/b15-10-. The minimum Gasteiger partial charge on any atom is -0.461 e. The van der Waals surface area contributed by atoms with Gasteiger partial charge < -0.3 is 4.74 Å². The second-order valence-corrected chi connectivity index (χ2v) is 3.96. The van der Waals surface area contributed by atoms with Gasteiger partial charge in [0.25, 0.3) is 0 Å². The van der Waals surface area contributed by atoms with Gasteiger partial charge in [0.05, 0.1) is 12.3 Å². The summed E-state index contributed by atoms with van der Waals surface area (Å²) in [6.45, 7) is 3.83. The summed E-state index contributed by atoms with van der Waals surface area (Å²) in [6, 6.07) is 5.30. The van der Waals surface area contributed by atoms with Gasteiger partial charge in [-0.2, -0.15) is 5.10 Å². The van der Waals surface area contributed by atoms with Gasteiger partial charge in [-0.15, -0.1) is 0 Å². The fraction of sp³-hybridized carbons (Fsp3) is 0.273. The van der Waals surface area contributed by atoms with E-state index in [0.717, 1.165) is 5.56 Å². The molecule has 0 aliphatic heterocycles. The Kier molecular flexibility index (Phi) is 5.25. The Labute approximate surface area is 110 Å². The molecule has 6 heteroatoms. The van der Waals surface area contributed by atoms with Crippen LogP contribution in [0.3, 0.4) is 0 Å². The summed E-state index contributed by atoms with van der Waals surface area (Å²) in [7, 11) is 0. The number of hydrazone groups is 1. The van der Waals surface area contributed by atoms with Crippen LogP contribution in [0.2, 0.25) is 5.02 Å². The first-order valence-corrected chi connectivity index (χ1v) is 5.72. The molecule has 1 N–H and O–H groups in total. The highest BCUT2D eigenvalue weighted by molar-refractivity contribution is 6.82. The molecule has 0 aliphatic rings. The third-order valence-electron chi connectivity index (χ3n) is 1.90. The van der Waals surface area contributed by atoms with Crippen molar-refractivity contribution in [3.8, 4) is 0 Å². The summed E-state index contributed by atoms with van der Waals surface area (Å²) in [5.74, 6) is -0.667. The van der Waals surface area contributed by atoms with Crippen molar-refractivity contribution in [2.24, 2.45) is 5.10 Å². The molecule has 0 aliphatic carbocycles. The molecule has 0 bridgehead atoms. The Morgan fingerprint density at radius 2 is 2.24 bits per heavy atom. The quantitative estimate of drug-likeness (QED) is 0.521. The molecule has 92 valence electrons. The Hall–Kier alpha value is -1.26. The van der Waals surface area contributed by atoms with E-state index in [2.05, 4.69) is 15.3 Å². The number of benzene rings is 1. The molecule has 0 saturated heterocycles. The van der Waals surface area contributed by atoms with Crippen molar-refractivity contribution in [1.82, 2.24) is 0 Å². The number of anilines is 1. The van der Waals surface area contributed by atoms with Crippen LogP contribution in [0.15, 0.2) is 23.3 Å². The van der Waals surface area contributed by atoms with E-state index in [-0.39, 0.29) is 11.8 Å². The minimum absolute atomic E-state index is 0.251. The SMILES string of the molecule is CCOC(=O)/C(Cl)=N/Nc1ccc(C)c(Cl)c1. The van der Waals surface area contributed by atoms with Gasteiger partial charge in [0.1, 0.15) is 0 Å². The lowest BCUT2D eigenvalue weighted by atomic mass is 10.2.